The minimum atomic E-state index is -0.373. The van der Waals surface area contributed by atoms with Gasteiger partial charge in [-0.15, -0.1) is 22.7 Å². The molecule has 0 radical (unpaired) electrons. The highest BCUT2D eigenvalue weighted by atomic mass is 32.1. The highest BCUT2D eigenvalue weighted by molar-refractivity contribution is 7.16. The van der Waals surface area contributed by atoms with Crippen LogP contribution in [0.25, 0.3) is 10.6 Å². The molecule has 3 rings (SSSR count). The molecule has 0 unspecified atom stereocenters. The summed E-state index contributed by atoms with van der Waals surface area (Å²) >= 11 is 2.95. The number of aromatic nitrogens is 3. The van der Waals surface area contributed by atoms with Gasteiger partial charge in [-0.25, -0.2) is 9.67 Å². The number of rotatable bonds is 5. The van der Waals surface area contributed by atoms with Crippen LogP contribution in [-0.2, 0) is 6.54 Å². The lowest BCUT2D eigenvalue weighted by Gasteiger charge is -2.05. The summed E-state index contributed by atoms with van der Waals surface area (Å²) in [6.07, 6.45) is 0.772. The molecule has 0 bridgehead atoms. The van der Waals surface area contributed by atoms with Crippen molar-refractivity contribution in [3.05, 3.63) is 51.1 Å². The Morgan fingerprint density at radius 1 is 1.30 bits per heavy atom. The number of aryl methyl sites for hydroxylation is 1. The predicted octanol–water partition coefficient (Wildman–Crippen LogP) is 3.09. The zero-order valence-corrected chi connectivity index (χ0v) is 14.0. The third-order valence-corrected chi connectivity index (χ3v) is 4.68. The number of carbonyl (C=O) groups is 1. The maximum Gasteiger partial charge on any atom is 0.277 e. The fourth-order valence-electron chi connectivity index (χ4n) is 1.97. The van der Waals surface area contributed by atoms with Gasteiger partial charge in [0.05, 0.1) is 10.6 Å². The van der Waals surface area contributed by atoms with E-state index < -0.39 is 0 Å². The molecule has 0 fully saturated rings. The van der Waals surface area contributed by atoms with Crippen molar-refractivity contribution < 1.29 is 4.79 Å². The first-order chi connectivity index (χ1) is 11.2. The molecule has 0 saturated carbocycles. The Hall–Kier alpha value is -2.32. The van der Waals surface area contributed by atoms with Gasteiger partial charge in [-0.2, -0.15) is 5.10 Å². The van der Waals surface area contributed by atoms with Crippen molar-refractivity contribution in [2.45, 2.75) is 19.9 Å². The van der Waals surface area contributed by atoms with Crippen LogP contribution in [0.2, 0.25) is 0 Å². The summed E-state index contributed by atoms with van der Waals surface area (Å²) in [6, 6.07) is 6.72. The van der Waals surface area contributed by atoms with E-state index in [2.05, 4.69) is 15.4 Å². The smallest absolute Gasteiger partial charge is 0.277 e. The van der Waals surface area contributed by atoms with Gasteiger partial charge in [0.25, 0.3) is 11.5 Å². The summed E-state index contributed by atoms with van der Waals surface area (Å²) in [6.45, 7) is 2.43. The van der Waals surface area contributed by atoms with E-state index in [0.717, 1.165) is 17.0 Å². The van der Waals surface area contributed by atoms with Gasteiger partial charge in [0.2, 0.25) is 0 Å². The maximum atomic E-state index is 12.3. The van der Waals surface area contributed by atoms with E-state index in [1.165, 1.54) is 28.2 Å². The van der Waals surface area contributed by atoms with Crippen LogP contribution in [-0.4, -0.2) is 20.7 Å². The zero-order valence-electron chi connectivity index (χ0n) is 12.4. The minimum absolute atomic E-state index is 0.200. The molecule has 3 aromatic rings. The van der Waals surface area contributed by atoms with Crippen LogP contribution >= 0.6 is 22.7 Å². The number of hydrogen-bond donors (Lipinski definition) is 1. The monoisotopic (exact) mass is 346 g/mol. The second-order valence-electron chi connectivity index (χ2n) is 4.75. The molecular weight excluding hydrogens is 332 g/mol. The largest absolute Gasteiger partial charge is 0.296 e. The van der Waals surface area contributed by atoms with Gasteiger partial charge in [-0.05, 0) is 23.9 Å². The molecule has 3 heterocycles. The second kappa shape index (κ2) is 6.84. The number of amides is 1. The minimum Gasteiger partial charge on any atom is -0.296 e. The molecule has 1 amide bonds. The highest BCUT2D eigenvalue weighted by Gasteiger charge is 2.13. The van der Waals surface area contributed by atoms with E-state index >= 15 is 0 Å². The first-order valence-electron chi connectivity index (χ1n) is 7.06. The van der Waals surface area contributed by atoms with Crippen molar-refractivity contribution in [2.75, 3.05) is 5.32 Å². The maximum absolute atomic E-state index is 12.3. The fraction of sp³-hybridized carbons (Fsp3) is 0.200. The fourth-order valence-corrected chi connectivity index (χ4v) is 3.44. The first-order valence-corrected chi connectivity index (χ1v) is 8.82. The Labute approximate surface area is 140 Å². The molecule has 1 N–H and O–H groups in total. The van der Waals surface area contributed by atoms with E-state index in [0.29, 0.717) is 11.7 Å². The predicted molar refractivity (Wildman–Crippen MR) is 92.2 cm³/mol. The Morgan fingerprint density at radius 3 is 2.91 bits per heavy atom. The van der Waals surface area contributed by atoms with Crippen LogP contribution < -0.4 is 10.9 Å². The summed E-state index contributed by atoms with van der Waals surface area (Å²) in [5, 5.41) is 11.2. The molecule has 118 valence electrons. The molecule has 8 heteroatoms. The highest BCUT2D eigenvalue weighted by Crippen LogP contribution is 2.28. The normalized spacial score (nSPS) is 10.7. The molecule has 0 spiro atoms. The lowest BCUT2D eigenvalue weighted by atomic mass is 10.3. The van der Waals surface area contributed by atoms with Gasteiger partial charge in [-0.3, -0.25) is 14.9 Å². The van der Waals surface area contributed by atoms with E-state index in [1.54, 1.807) is 11.3 Å². The summed E-state index contributed by atoms with van der Waals surface area (Å²) < 4.78 is 1.30. The van der Waals surface area contributed by atoms with Gasteiger partial charge in [0, 0.05) is 18.0 Å². The SMILES string of the molecule is CCCn1nc(C(=O)Nc2nc(-c3cccs3)cs2)ccc1=O. The summed E-state index contributed by atoms with van der Waals surface area (Å²) in [5.41, 5.74) is 0.827. The first kappa shape index (κ1) is 15.6. The van der Waals surface area contributed by atoms with Crippen LogP contribution in [0.5, 0.6) is 0 Å². The number of nitrogens with one attached hydrogen (secondary N) is 1. The lowest BCUT2D eigenvalue weighted by Crippen LogP contribution is -2.26. The number of thiazole rings is 1. The quantitative estimate of drug-likeness (QED) is 0.770. The van der Waals surface area contributed by atoms with Crippen LogP contribution in [0.1, 0.15) is 23.8 Å². The second-order valence-corrected chi connectivity index (χ2v) is 6.56. The molecule has 0 saturated heterocycles. The molecule has 0 aromatic carbocycles. The molecule has 0 atom stereocenters. The van der Waals surface area contributed by atoms with Gasteiger partial charge >= 0.3 is 0 Å². The third kappa shape index (κ3) is 3.54. The average molecular weight is 346 g/mol. The van der Waals surface area contributed by atoms with E-state index in [9.17, 15) is 9.59 Å². The molecule has 6 nitrogen and oxygen atoms in total. The van der Waals surface area contributed by atoms with E-state index in [1.807, 2.05) is 29.8 Å². The summed E-state index contributed by atoms with van der Waals surface area (Å²) in [4.78, 5) is 29.3. The van der Waals surface area contributed by atoms with Crippen molar-refractivity contribution >= 4 is 33.7 Å². The Kier molecular flexibility index (Phi) is 4.63. The van der Waals surface area contributed by atoms with Crippen molar-refractivity contribution in [1.29, 1.82) is 0 Å². The zero-order chi connectivity index (χ0) is 16.2. The standard InChI is InChI=1S/C15H14N4O2S2/c1-2-7-19-13(20)6-5-10(18-19)14(21)17-15-16-11(9-23-15)12-4-3-8-22-12/h3-6,8-9H,2,7H2,1H3,(H,16,17,21). The lowest BCUT2D eigenvalue weighted by molar-refractivity contribution is 0.102. The van der Waals surface area contributed by atoms with Crippen molar-refractivity contribution in [1.82, 2.24) is 14.8 Å². The third-order valence-electron chi connectivity index (χ3n) is 3.03. The van der Waals surface area contributed by atoms with Gasteiger partial charge in [0.15, 0.2) is 5.13 Å². The van der Waals surface area contributed by atoms with Gasteiger partial charge < -0.3 is 0 Å². The summed E-state index contributed by atoms with van der Waals surface area (Å²) in [5.74, 6) is -0.373. The van der Waals surface area contributed by atoms with Gasteiger partial charge in [0.1, 0.15) is 5.69 Å². The molecule has 23 heavy (non-hydrogen) atoms. The van der Waals surface area contributed by atoms with Crippen LogP contribution in [0.3, 0.4) is 0 Å². The number of hydrogen-bond acceptors (Lipinski definition) is 6. The Bertz CT molecular complexity index is 868. The van der Waals surface area contributed by atoms with E-state index in [4.69, 9.17) is 0 Å². The number of anilines is 1. The molecule has 0 aliphatic heterocycles. The Balaban J connectivity index is 1.77. The molecular formula is C15H14N4O2S2. The topological polar surface area (TPSA) is 76.9 Å². The van der Waals surface area contributed by atoms with Crippen LogP contribution in [0.4, 0.5) is 5.13 Å². The molecule has 3 aromatic heterocycles. The van der Waals surface area contributed by atoms with Crippen molar-refractivity contribution in [3.8, 4) is 10.6 Å². The van der Waals surface area contributed by atoms with E-state index in [-0.39, 0.29) is 17.2 Å². The van der Waals surface area contributed by atoms with Gasteiger partial charge in [-0.1, -0.05) is 13.0 Å². The Morgan fingerprint density at radius 2 is 2.17 bits per heavy atom. The summed E-state index contributed by atoms with van der Waals surface area (Å²) in [7, 11) is 0. The average Bonchev–Trinajstić information content (AvgIpc) is 3.20. The number of nitrogens with zero attached hydrogens (tertiary/aromatic N) is 3. The van der Waals surface area contributed by atoms with Crippen molar-refractivity contribution in [2.24, 2.45) is 0 Å². The number of carbonyl (C=O) groups excluding carboxylic acids is 1. The molecule has 0 aliphatic rings. The van der Waals surface area contributed by atoms with Crippen LogP contribution in [0, 0.1) is 0 Å². The number of thiophene rings is 1. The van der Waals surface area contributed by atoms with Crippen molar-refractivity contribution in [3.63, 3.8) is 0 Å². The molecule has 0 aliphatic carbocycles. The van der Waals surface area contributed by atoms with Crippen LogP contribution in [0.15, 0.2) is 39.8 Å².